The molecule has 12 heteroatoms. The number of aromatic nitrogens is 2. The number of hydrogen-bond donors (Lipinski definition) is 2. The Labute approximate surface area is 233 Å². The van der Waals surface area contributed by atoms with Crippen LogP contribution in [0.4, 0.5) is 0 Å². The van der Waals surface area contributed by atoms with Crippen LogP contribution in [0.5, 0.6) is 5.75 Å². The third-order valence-electron chi connectivity index (χ3n) is 7.84. The standard InChI is InChI=1S/C28H38N6O6/c1-32-11-10-29-25(32)17-33-12-13-34-22(16-33)27(36)30-15-24-21(31-26(35)18-38-2)8-7-19(40-24)9-14-39-23-6-4-3-5-20(23)28(34)37/h3-6,10-11,19,21-22,24H,7-9,12-18H2,1-2H3,(H,30,36)(H,31,35)/t19-,21+,22-,24+/m0/s1. The van der Waals surface area contributed by atoms with Crippen molar-refractivity contribution in [3.63, 3.8) is 0 Å². The minimum Gasteiger partial charge on any atom is -0.493 e. The molecular weight excluding hydrogens is 516 g/mol. The summed E-state index contributed by atoms with van der Waals surface area (Å²) in [5, 5.41) is 6.03. The van der Waals surface area contributed by atoms with E-state index in [2.05, 4.69) is 20.5 Å². The van der Waals surface area contributed by atoms with Gasteiger partial charge in [0.1, 0.15) is 24.2 Å². The molecule has 2 N–H and O–H groups in total. The van der Waals surface area contributed by atoms with E-state index < -0.39 is 12.1 Å². The molecule has 12 nitrogen and oxygen atoms in total. The summed E-state index contributed by atoms with van der Waals surface area (Å²) in [5.74, 6) is 0.660. The smallest absolute Gasteiger partial charge is 0.258 e. The number of amides is 3. The fourth-order valence-electron chi connectivity index (χ4n) is 5.65. The number of piperazine rings is 1. The van der Waals surface area contributed by atoms with E-state index in [0.29, 0.717) is 56.9 Å². The number of carbonyl (C=O) groups excluding carboxylic acids is 3. The molecule has 1 aromatic carbocycles. The lowest BCUT2D eigenvalue weighted by molar-refractivity contribution is -0.132. The number of rotatable bonds is 5. The summed E-state index contributed by atoms with van der Waals surface area (Å²) in [5.41, 5.74) is 0.443. The van der Waals surface area contributed by atoms with Crippen LogP contribution in [0, 0.1) is 0 Å². The van der Waals surface area contributed by atoms with Gasteiger partial charge in [-0.3, -0.25) is 19.3 Å². The van der Waals surface area contributed by atoms with Crippen molar-refractivity contribution in [3.05, 3.63) is 48.0 Å². The van der Waals surface area contributed by atoms with Gasteiger partial charge >= 0.3 is 0 Å². The Bertz CT molecular complexity index is 1200. The lowest BCUT2D eigenvalue weighted by Gasteiger charge is -2.41. The van der Waals surface area contributed by atoms with Crippen molar-refractivity contribution >= 4 is 17.7 Å². The fourth-order valence-corrected chi connectivity index (χ4v) is 5.65. The average molecular weight is 555 g/mol. The van der Waals surface area contributed by atoms with E-state index in [0.717, 1.165) is 12.2 Å². The maximum Gasteiger partial charge on any atom is 0.258 e. The van der Waals surface area contributed by atoms with Gasteiger partial charge in [-0.2, -0.15) is 0 Å². The number of carbonyl (C=O) groups is 3. The van der Waals surface area contributed by atoms with E-state index in [4.69, 9.17) is 14.2 Å². The summed E-state index contributed by atoms with van der Waals surface area (Å²) in [6.07, 6.45) is 5.20. The van der Waals surface area contributed by atoms with Crippen molar-refractivity contribution in [1.82, 2.24) is 30.0 Å². The Morgan fingerprint density at radius 2 is 2.05 bits per heavy atom. The van der Waals surface area contributed by atoms with Crippen LogP contribution >= 0.6 is 0 Å². The number of fused-ring (bicyclic) bond motifs is 4. The minimum absolute atomic E-state index is 0.0444. The van der Waals surface area contributed by atoms with Crippen LogP contribution < -0.4 is 15.4 Å². The van der Waals surface area contributed by atoms with E-state index >= 15 is 0 Å². The molecule has 0 aliphatic carbocycles. The number of aryl methyl sites for hydroxylation is 1. The summed E-state index contributed by atoms with van der Waals surface area (Å²) in [6.45, 7) is 2.46. The van der Waals surface area contributed by atoms with E-state index in [-0.39, 0.29) is 43.0 Å². The Morgan fingerprint density at radius 1 is 1.20 bits per heavy atom. The molecule has 2 saturated heterocycles. The topological polar surface area (TPSA) is 127 Å². The van der Waals surface area contributed by atoms with Crippen LogP contribution in [-0.2, 0) is 32.7 Å². The first-order valence-corrected chi connectivity index (χ1v) is 13.9. The second kappa shape index (κ2) is 12.8. The van der Waals surface area contributed by atoms with E-state index in [9.17, 15) is 14.4 Å². The summed E-state index contributed by atoms with van der Waals surface area (Å²) < 4.78 is 19.4. The van der Waals surface area contributed by atoms with E-state index in [1.54, 1.807) is 23.2 Å². The van der Waals surface area contributed by atoms with Crippen LogP contribution in [0.3, 0.4) is 0 Å². The first-order chi connectivity index (χ1) is 19.4. The molecule has 3 aliphatic heterocycles. The molecule has 3 aliphatic rings. The van der Waals surface area contributed by atoms with Crippen molar-refractivity contribution in [2.45, 2.75) is 50.1 Å². The van der Waals surface area contributed by atoms with Gasteiger partial charge in [0, 0.05) is 59.2 Å². The zero-order valence-electron chi connectivity index (χ0n) is 23.1. The molecule has 40 heavy (non-hydrogen) atoms. The SMILES string of the molecule is COCC(=O)N[C@@H]1CC[C@H]2CCOc3ccccc3C(=O)N3CCN(Cc4nccn4C)C[C@H]3C(=O)NC[C@H]1O2. The molecule has 2 bridgehead atoms. The number of benzene rings is 1. The van der Waals surface area contributed by atoms with Gasteiger partial charge in [0.2, 0.25) is 11.8 Å². The van der Waals surface area contributed by atoms with Crippen LogP contribution in [0.15, 0.2) is 36.7 Å². The molecule has 4 atom stereocenters. The van der Waals surface area contributed by atoms with E-state index in [1.165, 1.54) is 7.11 Å². The lowest BCUT2D eigenvalue weighted by Crippen LogP contribution is -2.62. The quantitative estimate of drug-likeness (QED) is 0.541. The molecule has 5 rings (SSSR count). The maximum atomic E-state index is 13.8. The number of ether oxygens (including phenoxy) is 3. The normalized spacial score (nSPS) is 26.1. The number of nitrogens with one attached hydrogen (secondary N) is 2. The van der Waals surface area contributed by atoms with Gasteiger partial charge in [0.25, 0.3) is 5.91 Å². The number of nitrogens with zero attached hydrogens (tertiary/aromatic N) is 4. The highest BCUT2D eigenvalue weighted by molar-refractivity contribution is 6.00. The second-order valence-corrected chi connectivity index (χ2v) is 10.6. The molecule has 0 spiro atoms. The number of methoxy groups -OCH3 is 1. The average Bonchev–Trinajstić information content (AvgIpc) is 3.36. The van der Waals surface area contributed by atoms with Gasteiger partial charge < -0.3 is 34.3 Å². The van der Waals surface area contributed by atoms with Gasteiger partial charge in [-0.05, 0) is 25.0 Å². The van der Waals surface area contributed by atoms with Crippen molar-refractivity contribution in [2.24, 2.45) is 7.05 Å². The van der Waals surface area contributed by atoms with Crippen LogP contribution in [0.25, 0.3) is 0 Å². The lowest BCUT2D eigenvalue weighted by atomic mass is 9.96. The Kier molecular flexibility index (Phi) is 8.98. The number of hydrogen-bond acceptors (Lipinski definition) is 8. The summed E-state index contributed by atoms with van der Waals surface area (Å²) in [7, 11) is 3.41. The summed E-state index contributed by atoms with van der Waals surface area (Å²) >= 11 is 0. The van der Waals surface area contributed by atoms with Gasteiger partial charge in [-0.1, -0.05) is 12.1 Å². The van der Waals surface area contributed by atoms with Gasteiger partial charge in [0.15, 0.2) is 0 Å². The molecule has 1 aromatic heterocycles. The first kappa shape index (κ1) is 28.1. The van der Waals surface area contributed by atoms with Gasteiger partial charge in [-0.25, -0.2) is 4.98 Å². The molecule has 216 valence electrons. The van der Waals surface area contributed by atoms with Crippen molar-refractivity contribution in [1.29, 1.82) is 0 Å². The Balaban J connectivity index is 1.39. The van der Waals surface area contributed by atoms with Gasteiger partial charge in [-0.15, -0.1) is 0 Å². The first-order valence-electron chi connectivity index (χ1n) is 13.9. The predicted molar refractivity (Wildman–Crippen MR) is 145 cm³/mol. The molecule has 0 unspecified atom stereocenters. The van der Waals surface area contributed by atoms with Crippen LogP contribution in [0.1, 0.15) is 35.4 Å². The van der Waals surface area contributed by atoms with Crippen LogP contribution in [-0.4, -0.2) is 108 Å². The van der Waals surface area contributed by atoms with Crippen molar-refractivity contribution in [2.75, 3.05) is 46.5 Å². The Morgan fingerprint density at radius 3 is 2.85 bits per heavy atom. The van der Waals surface area contributed by atoms with Crippen molar-refractivity contribution in [3.8, 4) is 5.75 Å². The molecule has 3 amide bonds. The molecule has 0 saturated carbocycles. The highest BCUT2D eigenvalue weighted by Gasteiger charge is 2.39. The zero-order valence-corrected chi connectivity index (χ0v) is 23.1. The molecule has 0 radical (unpaired) electrons. The van der Waals surface area contributed by atoms with E-state index in [1.807, 2.05) is 29.9 Å². The minimum atomic E-state index is -0.724. The molecule has 4 heterocycles. The molecule has 2 fully saturated rings. The summed E-state index contributed by atoms with van der Waals surface area (Å²) in [4.78, 5) is 48.1. The van der Waals surface area contributed by atoms with Crippen LogP contribution in [0.2, 0.25) is 0 Å². The third kappa shape index (κ3) is 6.45. The zero-order chi connectivity index (χ0) is 28.1. The fraction of sp³-hybridized carbons (Fsp3) is 0.571. The molecule has 2 aromatic rings. The highest BCUT2D eigenvalue weighted by atomic mass is 16.5. The monoisotopic (exact) mass is 554 g/mol. The predicted octanol–water partition coefficient (Wildman–Crippen LogP) is 0.324. The van der Waals surface area contributed by atoms with Gasteiger partial charge in [0.05, 0.1) is 37.0 Å². The summed E-state index contributed by atoms with van der Waals surface area (Å²) in [6, 6.07) is 6.19. The van der Waals surface area contributed by atoms with Crippen molar-refractivity contribution < 1.29 is 28.6 Å². The largest absolute Gasteiger partial charge is 0.493 e. The number of imidazole rings is 1. The second-order valence-electron chi connectivity index (χ2n) is 10.6. The number of para-hydroxylation sites is 1. The highest BCUT2D eigenvalue weighted by Crippen LogP contribution is 2.26. The Hall–Kier alpha value is -3.48. The maximum absolute atomic E-state index is 13.8. The third-order valence-corrected chi connectivity index (χ3v) is 7.84. The molecular formula is C28H38N6O6.